The predicted molar refractivity (Wildman–Crippen MR) is 86.0 cm³/mol. The van der Waals surface area contributed by atoms with Crippen LogP contribution in [0.5, 0.6) is 0 Å². The van der Waals surface area contributed by atoms with Crippen molar-refractivity contribution in [2.24, 2.45) is 0 Å². The summed E-state index contributed by atoms with van der Waals surface area (Å²) >= 11 is 6.01. The molecule has 0 heterocycles. The van der Waals surface area contributed by atoms with Crippen LogP contribution in [-0.4, -0.2) is 24.5 Å². The van der Waals surface area contributed by atoms with Gasteiger partial charge in [-0.15, -0.1) is 0 Å². The number of rotatable bonds is 3. The summed E-state index contributed by atoms with van der Waals surface area (Å²) in [5.74, 6) is -0.927. The smallest absolute Gasteiger partial charge is 0.744 e. The summed E-state index contributed by atoms with van der Waals surface area (Å²) in [4.78, 5) is 24.3. The van der Waals surface area contributed by atoms with Gasteiger partial charge in [-0.3, -0.25) is 9.59 Å². The average molecular weight is 386 g/mol. The van der Waals surface area contributed by atoms with Gasteiger partial charge in [-0.2, -0.15) is 0 Å². The van der Waals surface area contributed by atoms with Crippen LogP contribution in [0.2, 0.25) is 0 Å². The van der Waals surface area contributed by atoms with Crippen molar-refractivity contribution in [1.29, 1.82) is 0 Å². The molecule has 25 heavy (non-hydrogen) atoms. The number of fused-ring (bicyclic) bond motifs is 1. The number of halogens is 1. The molecule has 122 valence electrons. The summed E-state index contributed by atoms with van der Waals surface area (Å²) < 4.78 is 32.7. The minimum absolute atomic E-state index is 0. The zero-order valence-electron chi connectivity index (χ0n) is 12.9. The molecule has 1 aliphatic carbocycles. The van der Waals surface area contributed by atoms with Gasteiger partial charge in [0.2, 0.25) is 11.6 Å². The molecule has 9 heteroatoms. The van der Waals surface area contributed by atoms with E-state index in [0.29, 0.717) is 5.69 Å². The molecule has 0 amide bonds. The maximum atomic E-state index is 12.5. The van der Waals surface area contributed by atoms with Crippen molar-refractivity contribution in [3.8, 4) is 0 Å². The molecule has 1 aliphatic rings. The summed E-state index contributed by atoms with van der Waals surface area (Å²) in [6.45, 7) is 0. The molecule has 0 saturated heterocycles. The second kappa shape index (κ2) is 7.41. The number of Topliss-reactive ketones (excluding diaryl/α,β-unsaturated/α-hetero) is 2. The number of ketones is 2. The topological polar surface area (TPSA) is 103 Å². The Morgan fingerprint density at radius 1 is 0.880 bits per heavy atom. The Kier molecular flexibility index (Phi) is 5.88. The molecule has 0 atom stereocenters. The van der Waals surface area contributed by atoms with E-state index in [-0.39, 0.29) is 51.4 Å². The van der Waals surface area contributed by atoms with Gasteiger partial charge >= 0.3 is 29.6 Å². The molecular weight excluding hydrogens is 377 g/mol. The maximum Gasteiger partial charge on any atom is 1.00 e. The van der Waals surface area contributed by atoms with Crippen LogP contribution in [0.15, 0.2) is 64.2 Å². The molecule has 2 aromatic carbocycles. The molecule has 0 bridgehead atoms. The Balaban J connectivity index is 0.00000225. The van der Waals surface area contributed by atoms with Crippen molar-refractivity contribution in [1.82, 2.24) is 0 Å². The van der Waals surface area contributed by atoms with Crippen LogP contribution in [0, 0.1) is 0 Å². The fourth-order valence-corrected chi connectivity index (χ4v) is 3.01. The van der Waals surface area contributed by atoms with Crippen LogP contribution in [0.1, 0.15) is 20.7 Å². The van der Waals surface area contributed by atoms with E-state index in [1.807, 2.05) is 0 Å². The Bertz CT molecular complexity index is 999. The first kappa shape index (κ1) is 19.8. The van der Waals surface area contributed by atoms with Crippen molar-refractivity contribution in [3.63, 3.8) is 0 Å². The van der Waals surface area contributed by atoms with Gasteiger partial charge in [-0.05, 0) is 24.3 Å². The number of allylic oxidation sites excluding steroid dienone is 2. The van der Waals surface area contributed by atoms with E-state index in [1.54, 1.807) is 12.1 Å². The van der Waals surface area contributed by atoms with E-state index in [2.05, 4.69) is 5.32 Å². The summed E-state index contributed by atoms with van der Waals surface area (Å²) in [5, 5.41) is 2.46. The summed E-state index contributed by atoms with van der Waals surface area (Å²) in [5.41, 5.74) is 0.674. The van der Waals surface area contributed by atoms with E-state index >= 15 is 0 Å². The third-order valence-electron chi connectivity index (χ3n) is 3.47. The molecule has 3 rings (SSSR count). The van der Waals surface area contributed by atoms with E-state index in [4.69, 9.17) is 11.6 Å². The standard InChI is InChI=1S/C16H10ClNO5S.Na/c17-13-14(16(20)12-4-2-1-3-11(12)15(13)19)18-9-5-7-10(8-6-9)24(21,22)23;/h1-8,18H,(H,21,22,23);/q;+1/p-1. The molecule has 0 fully saturated rings. The van der Waals surface area contributed by atoms with E-state index < -0.39 is 26.6 Å². The van der Waals surface area contributed by atoms with Crippen LogP contribution in [0.4, 0.5) is 5.69 Å². The van der Waals surface area contributed by atoms with Crippen molar-refractivity contribution in [2.75, 3.05) is 5.32 Å². The number of carbonyl (C=O) groups excluding carboxylic acids is 2. The molecule has 0 radical (unpaired) electrons. The Hall–Kier alpha value is -1.48. The Morgan fingerprint density at radius 2 is 1.40 bits per heavy atom. The van der Waals surface area contributed by atoms with E-state index in [1.165, 1.54) is 24.3 Å². The van der Waals surface area contributed by atoms with Gasteiger partial charge < -0.3 is 9.87 Å². The molecule has 2 aromatic rings. The van der Waals surface area contributed by atoms with Crippen molar-refractivity contribution in [3.05, 3.63) is 70.4 Å². The first-order chi connectivity index (χ1) is 11.3. The second-order valence-corrected chi connectivity index (χ2v) is 6.75. The SMILES string of the molecule is O=C1C(Cl)=C(Nc2ccc(S(=O)(=O)[O-])cc2)C(=O)c2ccccc21.[Na+]. The summed E-state index contributed by atoms with van der Waals surface area (Å²) in [6.07, 6.45) is 0. The van der Waals surface area contributed by atoms with Crippen molar-refractivity contribution >= 4 is 39.0 Å². The van der Waals surface area contributed by atoms with Gasteiger partial charge in [0.25, 0.3) is 0 Å². The number of hydrogen-bond acceptors (Lipinski definition) is 6. The fourth-order valence-electron chi connectivity index (χ4n) is 2.31. The summed E-state index contributed by atoms with van der Waals surface area (Å²) in [7, 11) is -4.56. The minimum Gasteiger partial charge on any atom is -0.744 e. The molecule has 0 unspecified atom stereocenters. The Morgan fingerprint density at radius 3 is 1.92 bits per heavy atom. The second-order valence-electron chi connectivity index (χ2n) is 5.00. The monoisotopic (exact) mass is 385 g/mol. The number of anilines is 1. The molecule has 0 spiro atoms. The maximum absolute atomic E-state index is 12.5. The van der Waals surface area contributed by atoms with Gasteiger partial charge in [0.15, 0.2) is 0 Å². The zero-order valence-corrected chi connectivity index (χ0v) is 16.5. The molecule has 1 N–H and O–H groups in total. The normalized spacial score (nSPS) is 14.0. The molecule has 0 aromatic heterocycles. The summed E-state index contributed by atoms with van der Waals surface area (Å²) in [6, 6.07) is 11.1. The van der Waals surface area contributed by atoms with E-state index in [9.17, 15) is 22.6 Å². The fraction of sp³-hybridized carbons (Fsp3) is 0. The van der Waals surface area contributed by atoms with Crippen LogP contribution in [0.3, 0.4) is 0 Å². The van der Waals surface area contributed by atoms with Gasteiger partial charge in [-0.25, -0.2) is 8.42 Å². The van der Waals surface area contributed by atoms with Gasteiger partial charge in [0.1, 0.15) is 20.8 Å². The molecule has 6 nitrogen and oxygen atoms in total. The van der Waals surface area contributed by atoms with Crippen molar-refractivity contribution < 1.29 is 52.1 Å². The van der Waals surface area contributed by atoms with Gasteiger partial charge in [-0.1, -0.05) is 35.9 Å². The predicted octanol–water partition coefficient (Wildman–Crippen LogP) is -0.464. The van der Waals surface area contributed by atoms with Gasteiger partial charge in [0, 0.05) is 16.8 Å². The van der Waals surface area contributed by atoms with Crippen LogP contribution >= 0.6 is 11.6 Å². The number of benzene rings is 2. The largest absolute Gasteiger partial charge is 1.00 e. The third-order valence-corrected chi connectivity index (χ3v) is 4.68. The first-order valence-corrected chi connectivity index (χ1v) is 8.49. The molecular formula is C16H9ClNNaO5S. The molecule has 0 aliphatic heterocycles. The van der Waals surface area contributed by atoms with Crippen LogP contribution in [0.25, 0.3) is 0 Å². The third kappa shape index (κ3) is 3.87. The number of carbonyl (C=O) groups is 2. The van der Waals surface area contributed by atoms with Crippen LogP contribution < -0.4 is 34.9 Å². The van der Waals surface area contributed by atoms with Gasteiger partial charge in [0.05, 0.1) is 4.90 Å². The minimum atomic E-state index is -4.56. The average Bonchev–Trinajstić information content (AvgIpc) is 2.56. The van der Waals surface area contributed by atoms with E-state index in [0.717, 1.165) is 12.1 Å². The quantitative estimate of drug-likeness (QED) is 0.566. The number of nitrogens with one attached hydrogen (secondary N) is 1. The zero-order chi connectivity index (χ0) is 17.5. The Labute approximate surface area is 170 Å². The first-order valence-electron chi connectivity index (χ1n) is 6.70. The molecule has 0 saturated carbocycles. The number of hydrogen-bond donors (Lipinski definition) is 1. The van der Waals surface area contributed by atoms with Crippen LogP contribution in [-0.2, 0) is 10.1 Å². The van der Waals surface area contributed by atoms with Crippen molar-refractivity contribution in [2.45, 2.75) is 4.90 Å².